The maximum atomic E-state index is 12.3. The SMILES string of the molecule is O=C(Cn1cnc2c(NCc3ccccc3)ncnc21)NCCN1CCOCC1. The molecule has 9 nitrogen and oxygen atoms in total. The number of benzene rings is 1. The second-order valence-corrected chi connectivity index (χ2v) is 6.91. The van der Waals surface area contributed by atoms with Crippen molar-refractivity contribution in [3.05, 3.63) is 48.5 Å². The Labute approximate surface area is 169 Å². The summed E-state index contributed by atoms with van der Waals surface area (Å²) in [5.74, 6) is 0.597. The number of anilines is 1. The molecule has 1 saturated heterocycles. The lowest BCUT2D eigenvalue weighted by Crippen LogP contribution is -2.41. The zero-order valence-corrected chi connectivity index (χ0v) is 16.3. The van der Waals surface area contributed by atoms with Crippen LogP contribution in [0, 0.1) is 0 Å². The number of morpholine rings is 1. The fourth-order valence-electron chi connectivity index (χ4n) is 3.30. The Morgan fingerprint density at radius 1 is 1.10 bits per heavy atom. The van der Waals surface area contributed by atoms with Crippen LogP contribution in [0.1, 0.15) is 5.56 Å². The maximum absolute atomic E-state index is 12.3. The van der Waals surface area contributed by atoms with Crippen LogP contribution in [0.15, 0.2) is 43.0 Å². The van der Waals surface area contributed by atoms with E-state index < -0.39 is 0 Å². The lowest BCUT2D eigenvalue weighted by Gasteiger charge is -2.26. The molecule has 9 heteroatoms. The number of aromatic nitrogens is 4. The fourth-order valence-corrected chi connectivity index (χ4v) is 3.30. The van der Waals surface area contributed by atoms with E-state index >= 15 is 0 Å². The highest BCUT2D eigenvalue weighted by molar-refractivity contribution is 5.84. The average molecular weight is 395 g/mol. The standard InChI is InChI=1S/C20H25N7O2/c28-17(21-6-7-26-8-10-29-11-9-26)13-27-15-25-18-19(23-14-24-20(18)27)22-12-16-4-2-1-3-5-16/h1-5,14-15H,6-13H2,(H,21,28)(H,22,23,24). The predicted molar refractivity (Wildman–Crippen MR) is 109 cm³/mol. The molecule has 0 atom stereocenters. The number of carbonyl (C=O) groups excluding carboxylic acids is 1. The van der Waals surface area contributed by atoms with Crippen molar-refractivity contribution in [2.75, 3.05) is 44.7 Å². The Hall–Kier alpha value is -3.04. The number of hydrogen-bond acceptors (Lipinski definition) is 7. The molecule has 1 amide bonds. The first-order chi connectivity index (χ1) is 14.3. The fraction of sp³-hybridized carbons (Fsp3) is 0.400. The quantitative estimate of drug-likeness (QED) is 0.585. The van der Waals surface area contributed by atoms with E-state index in [1.165, 1.54) is 6.33 Å². The summed E-state index contributed by atoms with van der Waals surface area (Å²) in [6.07, 6.45) is 3.12. The van der Waals surface area contributed by atoms with Gasteiger partial charge >= 0.3 is 0 Å². The number of imidazole rings is 1. The summed E-state index contributed by atoms with van der Waals surface area (Å²) < 4.78 is 7.08. The van der Waals surface area contributed by atoms with E-state index in [0.29, 0.717) is 30.1 Å². The minimum absolute atomic E-state index is 0.0602. The van der Waals surface area contributed by atoms with Crippen LogP contribution in [-0.4, -0.2) is 69.7 Å². The van der Waals surface area contributed by atoms with Crippen molar-refractivity contribution in [3.63, 3.8) is 0 Å². The Kier molecular flexibility index (Phi) is 6.28. The van der Waals surface area contributed by atoms with Gasteiger partial charge in [0, 0.05) is 32.7 Å². The van der Waals surface area contributed by atoms with E-state index in [2.05, 4.69) is 30.5 Å². The molecule has 2 aromatic heterocycles. The van der Waals surface area contributed by atoms with Gasteiger partial charge in [-0.1, -0.05) is 30.3 Å². The third-order valence-electron chi connectivity index (χ3n) is 4.87. The highest BCUT2D eigenvalue weighted by Crippen LogP contribution is 2.18. The van der Waals surface area contributed by atoms with Gasteiger partial charge in [0.05, 0.1) is 19.5 Å². The van der Waals surface area contributed by atoms with Gasteiger partial charge in [0.1, 0.15) is 18.4 Å². The minimum atomic E-state index is -0.0602. The molecule has 4 rings (SSSR count). The molecule has 0 radical (unpaired) electrons. The molecular weight excluding hydrogens is 370 g/mol. The number of nitrogens with zero attached hydrogens (tertiary/aromatic N) is 5. The maximum Gasteiger partial charge on any atom is 0.240 e. The highest BCUT2D eigenvalue weighted by atomic mass is 16.5. The zero-order valence-electron chi connectivity index (χ0n) is 16.3. The van der Waals surface area contributed by atoms with Crippen molar-refractivity contribution < 1.29 is 9.53 Å². The number of ether oxygens (including phenoxy) is 1. The molecular formula is C20H25N7O2. The molecule has 0 unspecified atom stereocenters. The lowest BCUT2D eigenvalue weighted by molar-refractivity contribution is -0.121. The molecule has 1 aromatic carbocycles. The predicted octanol–water partition coefficient (Wildman–Crippen LogP) is 0.887. The summed E-state index contributed by atoms with van der Waals surface area (Å²) in [5.41, 5.74) is 2.45. The largest absolute Gasteiger partial charge is 0.379 e. The van der Waals surface area contributed by atoms with Crippen LogP contribution >= 0.6 is 0 Å². The van der Waals surface area contributed by atoms with E-state index in [-0.39, 0.29) is 12.5 Å². The van der Waals surface area contributed by atoms with Gasteiger partial charge < -0.3 is 19.9 Å². The first-order valence-corrected chi connectivity index (χ1v) is 9.80. The second-order valence-electron chi connectivity index (χ2n) is 6.91. The summed E-state index contributed by atoms with van der Waals surface area (Å²) >= 11 is 0. The van der Waals surface area contributed by atoms with Crippen LogP contribution in [0.3, 0.4) is 0 Å². The van der Waals surface area contributed by atoms with Gasteiger partial charge in [-0.3, -0.25) is 9.69 Å². The minimum Gasteiger partial charge on any atom is -0.379 e. The first kappa shape index (κ1) is 19.3. The summed E-state index contributed by atoms with van der Waals surface area (Å²) in [5, 5.41) is 6.26. The third-order valence-corrected chi connectivity index (χ3v) is 4.87. The van der Waals surface area contributed by atoms with Gasteiger partial charge in [-0.25, -0.2) is 15.0 Å². The molecule has 0 spiro atoms. The molecule has 1 fully saturated rings. The monoisotopic (exact) mass is 395 g/mol. The smallest absolute Gasteiger partial charge is 0.240 e. The number of hydrogen-bond donors (Lipinski definition) is 2. The third kappa shape index (κ3) is 5.07. The second kappa shape index (κ2) is 9.44. The molecule has 29 heavy (non-hydrogen) atoms. The van der Waals surface area contributed by atoms with E-state index in [1.54, 1.807) is 10.9 Å². The van der Waals surface area contributed by atoms with Crippen molar-refractivity contribution in [1.82, 2.24) is 29.7 Å². The molecule has 0 bridgehead atoms. The highest BCUT2D eigenvalue weighted by Gasteiger charge is 2.13. The van der Waals surface area contributed by atoms with Crippen LogP contribution in [0.2, 0.25) is 0 Å². The zero-order chi connectivity index (χ0) is 19.9. The van der Waals surface area contributed by atoms with E-state index in [1.807, 2.05) is 30.3 Å². The van der Waals surface area contributed by atoms with Crippen molar-refractivity contribution in [2.45, 2.75) is 13.1 Å². The Bertz CT molecular complexity index is 938. The summed E-state index contributed by atoms with van der Waals surface area (Å²) in [7, 11) is 0. The van der Waals surface area contributed by atoms with Crippen LogP contribution in [0.25, 0.3) is 11.2 Å². The number of rotatable bonds is 8. The molecule has 0 saturated carbocycles. The van der Waals surface area contributed by atoms with Gasteiger partial charge in [-0.05, 0) is 5.56 Å². The van der Waals surface area contributed by atoms with E-state index in [0.717, 1.165) is 38.4 Å². The molecule has 1 aliphatic rings. The van der Waals surface area contributed by atoms with Gasteiger partial charge in [-0.2, -0.15) is 0 Å². The topological polar surface area (TPSA) is 97.2 Å². The first-order valence-electron chi connectivity index (χ1n) is 9.80. The normalized spacial score (nSPS) is 14.8. The van der Waals surface area contributed by atoms with Crippen LogP contribution in [0.5, 0.6) is 0 Å². The van der Waals surface area contributed by atoms with Gasteiger partial charge in [0.2, 0.25) is 5.91 Å². The van der Waals surface area contributed by atoms with Crippen molar-refractivity contribution in [3.8, 4) is 0 Å². The summed E-state index contributed by atoms with van der Waals surface area (Å²) in [4.78, 5) is 27.6. The van der Waals surface area contributed by atoms with Crippen LogP contribution in [-0.2, 0) is 22.6 Å². The average Bonchev–Trinajstić information content (AvgIpc) is 3.17. The summed E-state index contributed by atoms with van der Waals surface area (Å²) in [6, 6.07) is 10.1. The van der Waals surface area contributed by atoms with Gasteiger partial charge in [-0.15, -0.1) is 0 Å². The van der Waals surface area contributed by atoms with Crippen molar-refractivity contribution >= 4 is 22.9 Å². The Balaban J connectivity index is 1.33. The summed E-state index contributed by atoms with van der Waals surface area (Å²) in [6.45, 7) is 5.61. The Morgan fingerprint density at radius 2 is 1.93 bits per heavy atom. The molecule has 152 valence electrons. The van der Waals surface area contributed by atoms with Gasteiger partial charge in [0.25, 0.3) is 0 Å². The number of fused-ring (bicyclic) bond motifs is 1. The number of carbonyl (C=O) groups is 1. The van der Waals surface area contributed by atoms with Crippen LogP contribution < -0.4 is 10.6 Å². The van der Waals surface area contributed by atoms with Gasteiger partial charge in [0.15, 0.2) is 11.5 Å². The molecule has 3 heterocycles. The molecule has 1 aliphatic heterocycles. The molecule has 0 aliphatic carbocycles. The van der Waals surface area contributed by atoms with Crippen LogP contribution in [0.4, 0.5) is 5.82 Å². The Morgan fingerprint density at radius 3 is 2.76 bits per heavy atom. The molecule has 2 N–H and O–H groups in total. The van der Waals surface area contributed by atoms with E-state index in [4.69, 9.17) is 4.74 Å². The number of amides is 1. The van der Waals surface area contributed by atoms with E-state index in [9.17, 15) is 4.79 Å². The molecule has 3 aromatic rings. The van der Waals surface area contributed by atoms with Crippen molar-refractivity contribution in [2.24, 2.45) is 0 Å². The van der Waals surface area contributed by atoms with Crippen molar-refractivity contribution in [1.29, 1.82) is 0 Å². The number of nitrogens with one attached hydrogen (secondary N) is 2. The lowest BCUT2D eigenvalue weighted by atomic mass is 10.2.